The Morgan fingerprint density at radius 3 is 2.42 bits per heavy atom. The van der Waals surface area contributed by atoms with Gasteiger partial charge in [-0.05, 0) is 66.1 Å². The van der Waals surface area contributed by atoms with Gasteiger partial charge in [0.15, 0.2) is 11.5 Å². The molecular formula is C26H26N2O3. The second-order valence-corrected chi connectivity index (χ2v) is 8.77. The maximum atomic E-state index is 13.2. The highest BCUT2D eigenvalue weighted by Crippen LogP contribution is 2.51. The van der Waals surface area contributed by atoms with Crippen LogP contribution >= 0.6 is 0 Å². The molecule has 0 unspecified atom stereocenters. The van der Waals surface area contributed by atoms with Crippen molar-refractivity contribution >= 4 is 11.7 Å². The second kappa shape index (κ2) is 7.41. The van der Waals surface area contributed by atoms with Gasteiger partial charge in [-0.2, -0.15) is 0 Å². The number of benzene rings is 2. The van der Waals surface area contributed by atoms with E-state index in [1.165, 1.54) is 5.56 Å². The molecule has 2 heterocycles. The number of nitrogens with zero attached hydrogens (tertiary/aromatic N) is 1. The van der Waals surface area contributed by atoms with Gasteiger partial charge in [0.25, 0.3) is 0 Å². The Morgan fingerprint density at radius 2 is 1.74 bits per heavy atom. The van der Waals surface area contributed by atoms with Crippen LogP contribution in [0.1, 0.15) is 49.3 Å². The number of aryl methyl sites for hydroxylation is 1. The van der Waals surface area contributed by atoms with Crippen LogP contribution in [0, 0.1) is 6.92 Å². The smallest absolute Gasteiger partial charge is 0.236 e. The lowest BCUT2D eigenvalue weighted by molar-refractivity contribution is -0.118. The molecule has 158 valence electrons. The minimum atomic E-state index is -0.513. The molecule has 5 heteroatoms. The predicted molar refractivity (Wildman–Crippen MR) is 121 cm³/mol. The Kier molecular flexibility index (Phi) is 4.69. The molecule has 31 heavy (non-hydrogen) atoms. The number of hydrogen-bond acceptors (Lipinski definition) is 4. The van der Waals surface area contributed by atoms with Crippen molar-refractivity contribution in [1.82, 2.24) is 4.98 Å². The Hall–Kier alpha value is -3.34. The molecule has 0 radical (unpaired) electrons. The molecule has 1 aromatic heterocycles. The number of aromatic nitrogens is 1. The molecule has 0 spiro atoms. The van der Waals surface area contributed by atoms with Gasteiger partial charge in [0, 0.05) is 11.8 Å². The molecule has 1 saturated carbocycles. The standard InChI is InChI=1S/C26H26N2O3/c1-16(2)18-4-6-19(7-5-18)20-12-17(3)24(27-14-20)28-25(29)26(10-11-26)21-8-9-22-23(13-21)31-15-30-22/h4-9,12-14,16H,10-11,15H2,1-3H3,(H,27,28,29). The van der Waals surface area contributed by atoms with E-state index in [1.807, 2.05) is 31.3 Å². The lowest BCUT2D eigenvalue weighted by Gasteiger charge is -2.17. The Labute approximate surface area is 182 Å². The summed E-state index contributed by atoms with van der Waals surface area (Å²) in [7, 11) is 0. The summed E-state index contributed by atoms with van der Waals surface area (Å²) in [5.41, 5.74) is 4.88. The topological polar surface area (TPSA) is 60.5 Å². The largest absolute Gasteiger partial charge is 0.454 e. The van der Waals surface area contributed by atoms with Crippen LogP contribution in [0.15, 0.2) is 54.7 Å². The third-order valence-electron chi connectivity index (χ3n) is 6.33. The van der Waals surface area contributed by atoms with Crippen molar-refractivity contribution in [1.29, 1.82) is 0 Å². The van der Waals surface area contributed by atoms with Gasteiger partial charge in [-0.3, -0.25) is 4.79 Å². The van der Waals surface area contributed by atoms with E-state index in [-0.39, 0.29) is 12.7 Å². The highest BCUT2D eigenvalue weighted by Gasteiger charge is 2.51. The highest BCUT2D eigenvalue weighted by atomic mass is 16.7. The number of carbonyl (C=O) groups excluding carboxylic acids is 1. The SMILES string of the molecule is Cc1cc(-c2ccc(C(C)C)cc2)cnc1NC(=O)C1(c2ccc3c(c2)OCO3)CC1. The molecule has 3 aromatic rings. The van der Waals surface area contributed by atoms with Crippen molar-refractivity contribution in [3.05, 3.63) is 71.4 Å². The van der Waals surface area contributed by atoms with E-state index in [2.05, 4.69) is 54.5 Å². The molecule has 5 rings (SSSR count). The van der Waals surface area contributed by atoms with Crippen molar-refractivity contribution in [3.63, 3.8) is 0 Å². The van der Waals surface area contributed by atoms with E-state index in [9.17, 15) is 4.79 Å². The Bertz CT molecular complexity index is 1150. The molecule has 2 aromatic carbocycles. The second-order valence-electron chi connectivity index (χ2n) is 8.77. The lowest BCUT2D eigenvalue weighted by atomic mass is 9.94. The van der Waals surface area contributed by atoms with Crippen LogP contribution in [0.25, 0.3) is 11.1 Å². The zero-order valence-electron chi connectivity index (χ0n) is 18.1. The monoisotopic (exact) mass is 414 g/mol. The van der Waals surface area contributed by atoms with Crippen LogP contribution in [0.4, 0.5) is 5.82 Å². The molecule has 1 aliphatic carbocycles. The molecule has 1 fully saturated rings. The molecule has 1 amide bonds. The van der Waals surface area contributed by atoms with Gasteiger partial charge in [-0.25, -0.2) is 4.98 Å². The number of amides is 1. The lowest BCUT2D eigenvalue weighted by Crippen LogP contribution is -2.28. The summed E-state index contributed by atoms with van der Waals surface area (Å²) in [5, 5.41) is 3.06. The minimum absolute atomic E-state index is 0.0176. The normalized spacial score (nSPS) is 15.7. The van der Waals surface area contributed by atoms with Crippen molar-refractivity contribution in [3.8, 4) is 22.6 Å². The summed E-state index contributed by atoms with van der Waals surface area (Å²) in [4.78, 5) is 17.8. The van der Waals surface area contributed by atoms with E-state index in [0.29, 0.717) is 17.5 Å². The van der Waals surface area contributed by atoms with E-state index in [4.69, 9.17) is 9.47 Å². The first-order valence-corrected chi connectivity index (χ1v) is 10.7. The number of pyridine rings is 1. The van der Waals surface area contributed by atoms with Gasteiger partial charge in [-0.1, -0.05) is 44.2 Å². The maximum Gasteiger partial charge on any atom is 0.236 e. The van der Waals surface area contributed by atoms with Gasteiger partial charge < -0.3 is 14.8 Å². The van der Waals surface area contributed by atoms with Crippen molar-refractivity contribution in [2.24, 2.45) is 0 Å². The number of nitrogens with one attached hydrogen (secondary N) is 1. The van der Waals surface area contributed by atoms with E-state index >= 15 is 0 Å². The molecule has 1 aliphatic heterocycles. The summed E-state index contributed by atoms with van der Waals surface area (Å²) >= 11 is 0. The third-order valence-corrected chi connectivity index (χ3v) is 6.33. The van der Waals surface area contributed by atoms with Crippen molar-refractivity contribution < 1.29 is 14.3 Å². The number of ether oxygens (including phenoxy) is 2. The first kappa shape index (κ1) is 19.6. The first-order valence-electron chi connectivity index (χ1n) is 10.7. The van der Waals surface area contributed by atoms with Crippen molar-refractivity contribution in [2.75, 3.05) is 12.1 Å². The predicted octanol–water partition coefficient (Wildman–Crippen LogP) is 5.58. The summed E-state index contributed by atoms with van der Waals surface area (Å²) in [5.74, 6) is 2.54. The summed E-state index contributed by atoms with van der Waals surface area (Å²) in [6.07, 6.45) is 3.46. The summed E-state index contributed by atoms with van der Waals surface area (Å²) in [6.45, 7) is 6.59. The molecular weight excluding hydrogens is 388 g/mol. The van der Waals surface area contributed by atoms with Crippen LogP contribution in [-0.2, 0) is 10.2 Å². The van der Waals surface area contributed by atoms with Gasteiger partial charge in [0.2, 0.25) is 12.7 Å². The fraction of sp³-hybridized carbons (Fsp3) is 0.308. The third kappa shape index (κ3) is 3.54. The zero-order chi connectivity index (χ0) is 21.6. The quantitative estimate of drug-likeness (QED) is 0.592. The number of hydrogen-bond donors (Lipinski definition) is 1. The molecule has 1 N–H and O–H groups in total. The fourth-order valence-corrected chi connectivity index (χ4v) is 4.12. The van der Waals surface area contributed by atoms with E-state index in [1.54, 1.807) is 0 Å². The average molecular weight is 415 g/mol. The maximum absolute atomic E-state index is 13.2. The highest BCUT2D eigenvalue weighted by molar-refractivity contribution is 6.01. The first-order chi connectivity index (χ1) is 15.0. The number of rotatable bonds is 5. The molecule has 5 nitrogen and oxygen atoms in total. The van der Waals surface area contributed by atoms with Crippen LogP contribution in [0.3, 0.4) is 0 Å². The Morgan fingerprint density at radius 1 is 1.00 bits per heavy atom. The van der Waals surface area contributed by atoms with Gasteiger partial charge in [0.1, 0.15) is 5.82 Å². The minimum Gasteiger partial charge on any atom is -0.454 e. The zero-order valence-corrected chi connectivity index (χ0v) is 18.1. The van der Waals surface area contributed by atoms with Crippen LogP contribution in [-0.4, -0.2) is 17.7 Å². The van der Waals surface area contributed by atoms with Crippen molar-refractivity contribution in [2.45, 2.75) is 44.9 Å². The number of anilines is 1. The van der Waals surface area contributed by atoms with E-state index < -0.39 is 5.41 Å². The van der Waals surface area contributed by atoms with Crippen LogP contribution in [0.2, 0.25) is 0 Å². The van der Waals surface area contributed by atoms with Gasteiger partial charge >= 0.3 is 0 Å². The number of carbonyl (C=O) groups is 1. The molecule has 2 aliphatic rings. The fourth-order valence-electron chi connectivity index (χ4n) is 4.12. The van der Waals surface area contributed by atoms with Gasteiger partial charge in [0.05, 0.1) is 5.41 Å². The summed E-state index contributed by atoms with van der Waals surface area (Å²) in [6, 6.07) is 16.4. The van der Waals surface area contributed by atoms with E-state index in [0.717, 1.165) is 40.8 Å². The number of fused-ring (bicyclic) bond motifs is 1. The molecule has 0 bridgehead atoms. The Balaban J connectivity index is 1.35. The molecule has 0 saturated heterocycles. The summed E-state index contributed by atoms with van der Waals surface area (Å²) < 4.78 is 10.9. The van der Waals surface area contributed by atoms with Crippen LogP contribution < -0.4 is 14.8 Å². The average Bonchev–Trinajstić information content (AvgIpc) is 3.46. The van der Waals surface area contributed by atoms with Crippen LogP contribution in [0.5, 0.6) is 11.5 Å². The molecule has 0 atom stereocenters. The van der Waals surface area contributed by atoms with Gasteiger partial charge in [-0.15, -0.1) is 0 Å².